The molecule has 0 saturated carbocycles. The van der Waals surface area contributed by atoms with Gasteiger partial charge in [0.15, 0.2) is 24.5 Å². The fourth-order valence-corrected chi connectivity index (χ4v) is 5.51. The molecule has 5 nitrogen and oxygen atoms in total. The number of benzene rings is 3. The highest BCUT2D eigenvalue weighted by Gasteiger charge is 2.26. The summed E-state index contributed by atoms with van der Waals surface area (Å²) < 4.78 is 12.7. The molecule has 0 aliphatic carbocycles. The number of hydrogen-bond donors (Lipinski definition) is 0. The zero-order valence-electron chi connectivity index (χ0n) is 22.9. The Bertz CT molecular complexity index is 1950. The van der Waals surface area contributed by atoms with Gasteiger partial charge in [-0.1, -0.05) is 91.0 Å². The summed E-state index contributed by atoms with van der Waals surface area (Å²) in [5.41, 5.74) is 9.85. The molecule has 198 valence electrons. The number of fused-ring (bicyclic) bond motifs is 3. The number of rotatable bonds is 7. The van der Waals surface area contributed by atoms with E-state index in [2.05, 4.69) is 129 Å². The number of ether oxygens (including phenoxy) is 1. The zero-order valence-corrected chi connectivity index (χ0v) is 22.9. The standard InChI is InChI=1S/C36H30N4O/c1-41-36-35-33(23-32(37-36)30-15-9-4-10-16-30)39-26-31(17-18-34(39)40(35)25-28-13-7-3-8-14-28)29-19-21-38(22-20-29)24-27-11-5-2-6-12-27/h2-23,26H,24-25H2,1H3/q+2. The van der Waals surface area contributed by atoms with Crippen LogP contribution in [0, 0.1) is 0 Å². The van der Waals surface area contributed by atoms with E-state index in [1.165, 1.54) is 11.1 Å². The molecular weight excluding hydrogens is 504 g/mol. The van der Waals surface area contributed by atoms with E-state index in [9.17, 15) is 0 Å². The molecule has 3 aromatic carbocycles. The molecule has 0 atom stereocenters. The summed E-state index contributed by atoms with van der Waals surface area (Å²) in [5.74, 6) is 0.615. The first-order chi connectivity index (χ1) is 20.3. The molecule has 0 bridgehead atoms. The van der Waals surface area contributed by atoms with Crippen LogP contribution in [0.25, 0.3) is 39.1 Å². The third-order valence-corrected chi connectivity index (χ3v) is 7.55. The lowest BCUT2D eigenvalue weighted by Crippen LogP contribution is -2.34. The second-order valence-electron chi connectivity index (χ2n) is 10.2. The van der Waals surface area contributed by atoms with Crippen molar-refractivity contribution < 1.29 is 13.9 Å². The Labute approximate surface area is 239 Å². The summed E-state index contributed by atoms with van der Waals surface area (Å²) in [6, 6.07) is 42.3. The number of aromatic nitrogens is 4. The molecule has 41 heavy (non-hydrogen) atoms. The van der Waals surface area contributed by atoms with Crippen molar-refractivity contribution in [2.75, 3.05) is 7.11 Å². The number of methoxy groups -OCH3 is 1. The van der Waals surface area contributed by atoms with E-state index < -0.39 is 0 Å². The average molecular weight is 535 g/mol. The Hall–Kier alpha value is -5.29. The lowest BCUT2D eigenvalue weighted by Gasteiger charge is -2.06. The highest BCUT2D eigenvalue weighted by atomic mass is 16.5. The molecule has 7 rings (SSSR count). The molecule has 0 saturated heterocycles. The lowest BCUT2D eigenvalue weighted by atomic mass is 10.1. The number of hydrogen-bond acceptors (Lipinski definition) is 2. The van der Waals surface area contributed by atoms with E-state index in [0.717, 1.165) is 45.6 Å². The Morgan fingerprint density at radius 3 is 1.95 bits per heavy atom. The summed E-state index contributed by atoms with van der Waals surface area (Å²) in [4.78, 5) is 4.95. The highest BCUT2D eigenvalue weighted by Crippen LogP contribution is 2.30. The van der Waals surface area contributed by atoms with E-state index in [1.54, 1.807) is 7.11 Å². The third-order valence-electron chi connectivity index (χ3n) is 7.55. The first-order valence-electron chi connectivity index (χ1n) is 13.8. The molecule has 5 heteroatoms. The van der Waals surface area contributed by atoms with E-state index in [1.807, 2.05) is 24.3 Å². The van der Waals surface area contributed by atoms with Crippen LogP contribution in [0.3, 0.4) is 0 Å². The van der Waals surface area contributed by atoms with Gasteiger partial charge in [-0.25, -0.2) is 14.1 Å². The zero-order chi connectivity index (χ0) is 27.6. The maximum atomic E-state index is 5.93. The molecule has 0 radical (unpaired) electrons. The Morgan fingerprint density at radius 1 is 0.659 bits per heavy atom. The maximum absolute atomic E-state index is 5.93. The molecule has 4 aromatic heterocycles. The average Bonchev–Trinajstić information content (AvgIpc) is 3.35. The molecular formula is C36H30N4O+2. The minimum absolute atomic E-state index is 0.615. The van der Waals surface area contributed by atoms with Crippen LogP contribution in [0.15, 0.2) is 140 Å². The van der Waals surface area contributed by atoms with Gasteiger partial charge in [-0.15, -0.1) is 0 Å². The Morgan fingerprint density at radius 2 is 1.29 bits per heavy atom. The minimum Gasteiger partial charge on any atom is -0.478 e. The van der Waals surface area contributed by atoms with Crippen LogP contribution in [0.5, 0.6) is 5.88 Å². The first-order valence-corrected chi connectivity index (χ1v) is 13.8. The van der Waals surface area contributed by atoms with Crippen molar-refractivity contribution in [2.45, 2.75) is 13.1 Å². The van der Waals surface area contributed by atoms with Crippen molar-refractivity contribution in [1.29, 1.82) is 0 Å². The summed E-state index contributed by atoms with van der Waals surface area (Å²) in [5, 5.41) is 0. The summed E-state index contributed by atoms with van der Waals surface area (Å²) in [6.07, 6.45) is 6.52. The Balaban J connectivity index is 1.37. The van der Waals surface area contributed by atoms with Gasteiger partial charge in [0.1, 0.15) is 12.7 Å². The van der Waals surface area contributed by atoms with Crippen molar-refractivity contribution in [2.24, 2.45) is 0 Å². The van der Waals surface area contributed by atoms with Crippen LogP contribution in [0.1, 0.15) is 11.1 Å². The van der Waals surface area contributed by atoms with Crippen molar-refractivity contribution in [3.05, 3.63) is 151 Å². The molecule has 0 amide bonds. The smallest absolute Gasteiger partial charge is 0.287 e. The van der Waals surface area contributed by atoms with Crippen molar-refractivity contribution in [1.82, 2.24) is 9.38 Å². The Kier molecular flexibility index (Phi) is 6.45. The van der Waals surface area contributed by atoms with Crippen LogP contribution in [-0.4, -0.2) is 16.5 Å². The quantitative estimate of drug-likeness (QED) is 0.219. The number of pyridine rings is 3. The molecule has 4 heterocycles. The second kappa shape index (κ2) is 10.7. The second-order valence-corrected chi connectivity index (χ2v) is 10.2. The first kappa shape index (κ1) is 24.7. The predicted octanol–water partition coefficient (Wildman–Crippen LogP) is 6.50. The molecule has 0 N–H and O–H groups in total. The normalized spacial score (nSPS) is 11.2. The van der Waals surface area contributed by atoms with Crippen LogP contribution in [0.4, 0.5) is 0 Å². The van der Waals surface area contributed by atoms with Crippen molar-refractivity contribution >= 4 is 16.7 Å². The molecule has 7 aromatic rings. The van der Waals surface area contributed by atoms with Crippen LogP contribution in [0.2, 0.25) is 0 Å². The van der Waals surface area contributed by atoms with E-state index in [4.69, 9.17) is 9.72 Å². The topological polar surface area (TPSA) is 34.3 Å². The van der Waals surface area contributed by atoms with Crippen LogP contribution < -0.4 is 13.9 Å². The van der Waals surface area contributed by atoms with Gasteiger partial charge >= 0.3 is 0 Å². The monoisotopic (exact) mass is 534 g/mol. The van der Waals surface area contributed by atoms with E-state index >= 15 is 0 Å². The fraction of sp³-hybridized carbons (Fsp3) is 0.0833. The largest absolute Gasteiger partial charge is 0.478 e. The van der Waals surface area contributed by atoms with Crippen molar-refractivity contribution in [3.63, 3.8) is 0 Å². The van der Waals surface area contributed by atoms with Gasteiger partial charge in [0.25, 0.3) is 11.5 Å². The predicted molar refractivity (Wildman–Crippen MR) is 162 cm³/mol. The number of nitrogens with zero attached hydrogens (tertiary/aromatic N) is 4. The summed E-state index contributed by atoms with van der Waals surface area (Å²) in [7, 11) is 1.70. The van der Waals surface area contributed by atoms with Gasteiger partial charge in [-0.05, 0) is 17.2 Å². The van der Waals surface area contributed by atoms with Gasteiger partial charge in [0.05, 0.1) is 12.8 Å². The molecule has 0 spiro atoms. The third kappa shape index (κ3) is 4.83. The van der Waals surface area contributed by atoms with E-state index in [-0.39, 0.29) is 0 Å². The molecule has 0 aliphatic rings. The molecule has 0 aliphatic heterocycles. The lowest BCUT2D eigenvalue weighted by molar-refractivity contribution is -0.688. The summed E-state index contributed by atoms with van der Waals surface area (Å²) >= 11 is 0. The van der Waals surface area contributed by atoms with Gasteiger partial charge < -0.3 is 4.74 Å². The highest BCUT2D eigenvalue weighted by molar-refractivity contribution is 5.85. The van der Waals surface area contributed by atoms with E-state index in [0.29, 0.717) is 12.4 Å². The minimum atomic E-state index is 0.615. The van der Waals surface area contributed by atoms with Gasteiger partial charge in [-0.2, -0.15) is 4.40 Å². The molecule has 0 fully saturated rings. The van der Waals surface area contributed by atoms with Crippen LogP contribution >= 0.6 is 0 Å². The van der Waals surface area contributed by atoms with Gasteiger partial charge in [0.2, 0.25) is 5.52 Å². The molecule has 0 unspecified atom stereocenters. The van der Waals surface area contributed by atoms with Gasteiger partial charge in [0, 0.05) is 41.0 Å². The van der Waals surface area contributed by atoms with Crippen LogP contribution in [-0.2, 0) is 13.1 Å². The van der Waals surface area contributed by atoms with Crippen molar-refractivity contribution in [3.8, 4) is 28.3 Å². The fourth-order valence-electron chi connectivity index (χ4n) is 5.51. The number of imidazole rings is 1. The summed E-state index contributed by atoms with van der Waals surface area (Å²) in [6.45, 7) is 1.55. The van der Waals surface area contributed by atoms with Gasteiger partial charge in [-0.3, -0.25) is 0 Å². The SMILES string of the molecule is COc1nc(-c2ccccc2)cc2c1[n+](Cc1ccccc1)c1ccc(-c3cc[n+](Cc4ccccc4)cc3)cn21. The maximum Gasteiger partial charge on any atom is 0.287 e.